The molecule has 0 radical (unpaired) electrons. The molecule has 144 valence electrons. The number of hydrogen-bond donors (Lipinski definition) is 1. The summed E-state index contributed by atoms with van der Waals surface area (Å²) in [5.41, 5.74) is -0.0345. The van der Waals surface area contributed by atoms with Crippen molar-refractivity contribution in [3.8, 4) is 11.6 Å². The number of hydrogen-bond acceptors (Lipinski definition) is 4. The van der Waals surface area contributed by atoms with Gasteiger partial charge in [0.05, 0.1) is 18.1 Å². The van der Waals surface area contributed by atoms with E-state index in [2.05, 4.69) is 4.98 Å². The Morgan fingerprint density at radius 3 is 2.37 bits per heavy atom. The molecule has 1 amide bonds. The minimum absolute atomic E-state index is 0.0000236. The van der Waals surface area contributed by atoms with Gasteiger partial charge in [-0.15, -0.1) is 0 Å². The van der Waals surface area contributed by atoms with Crippen LogP contribution in [-0.2, 0) is 17.4 Å². The summed E-state index contributed by atoms with van der Waals surface area (Å²) < 4.78 is 43.0. The molecule has 1 aromatic carbocycles. The van der Waals surface area contributed by atoms with E-state index in [-0.39, 0.29) is 24.3 Å². The quantitative estimate of drug-likeness (QED) is 0.883. The second kappa shape index (κ2) is 7.96. The van der Waals surface area contributed by atoms with Crippen molar-refractivity contribution < 1.29 is 27.8 Å². The topological polar surface area (TPSA) is 62.7 Å². The van der Waals surface area contributed by atoms with Crippen LogP contribution < -0.4 is 4.74 Å². The molecule has 1 aliphatic rings. The highest BCUT2D eigenvalue weighted by molar-refractivity contribution is 5.78. The Bertz CT molecular complexity index is 768. The molecule has 0 atom stereocenters. The highest BCUT2D eigenvalue weighted by Gasteiger charge is 2.30. The Kier molecular flexibility index (Phi) is 5.65. The summed E-state index contributed by atoms with van der Waals surface area (Å²) in [6, 6.07) is 8.81. The number of aliphatic hydroxyl groups is 1. The van der Waals surface area contributed by atoms with Gasteiger partial charge in [0.25, 0.3) is 0 Å². The fourth-order valence-corrected chi connectivity index (χ4v) is 2.81. The maximum Gasteiger partial charge on any atom is 0.417 e. The van der Waals surface area contributed by atoms with Crippen molar-refractivity contribution in [1.29, 1.82) is 0 Å². The maximum atomic E-state index is 12.5. The first-order chi connectivity index (χ1) is 12.8. The second-order valence-electron chi connectivity index (χ2n) is 6.42. The third-order valence-electron chi connectivity index (χ3n) is 4.38. The van der Waals surface area contributed by atoms with Crippen LogP contribution in [0.5, 0.6) is 11.6 Å². The van der Waals surface area contributed by atoms with E-state index in [9.17, 15) is 23.1 Å². The average Bonchev–Trinajstić information content (AvgIpc) is 2.63. The minimum atomic E-state index is -4.44. The van der Waals surface area contributed by atoms with Crippen LogP contribution in [-0.4, -0.2) is 40.1 Å². The van der Waals surface area contributed by atoms with Gasteiger partial charge < -0.3 is 14.7 Å². The monoisotopic (exact) mass is 380 g/mol. The zero-order valence-corrected chi connectivity index (χ0v) is 14.4. The molecule has 1 fully saturated rings. The number of piperidine rings is 1. The first-order valence-electron chi connectivity index (χ1n) is 8.57. The number of halogens is 3. The Balaban J connectivity index is 1.56. The summed E-state index contributed by atoms with van der Waals surface area (Å²) in [4.78, 5) is 17.7. The molecule has 0 saturated carbocycles. The molecule has 1 N–H and O–H groups in total. The lowest BCUT2D eigenvalue weighted by atomic mass is 10.1. The molecule has 5 nitrogen and oxygen atoms in total. The van der Waals surface area contributed by atoms with Gasteiger partial charge in [-0.25, -0.2) is 4.98 Å². The Morgan fingerprint density at radius 1 is 1.15 bits per heavy atom. The lowest BCUT2D eigenvalue weighted by Gasteiger charge is -2.29. The molecule has 1 aliphatic heterocycles. The second-order valence-corrected chi connectivity index (χ2v) is 6.42. The number of carbonyl (C=O) groups is 1. The van der Waals surface area contributed by atoms with Crippen molar-refractivity contribution in [2.24, 2.45) is 0 Å². The normalized spacial score (nSPS) is 15.6. The van der Waals surface area contributed by atoms with Crippen LogP contribution in [0, 0.1) is 0 Å². The Labute approximate surface area is 154 Å². The number of alkyl halides is 3. The summed E-state index contributed by atoms with van der Waals surface area (Å²) in [6.07, 6.45) is -2.61. The largest absolute Gasteiger partial charge is 0.439 e. The lowest BCUT2D eigenvalue weighted by molar-refractivity contribution is -0.138. The highest BCUT2D eigenvalue weighted by Crippen LogP contribution is 2.30. The number of benzene rings is 1. The van der Waals surface area contributed by atoms with E-state index in [0.717, 1.165) is 23.9 Å². The molecule has 0 bridgehead atoms. The van der Waals surface area contributed by atoms with Crippen molar-refractivity contribution in [2.45, 2.75) is 31.5 Å². The van der Waals surface area contributed by atoms with Crippen LogP contribution in [0.1, 0.15) is 24.0 Å². The molecule has 3 rings (SSSR count). The number of aromatic nitrogens is 1. The van der Waals surface area contributed by atoms with E-state index < -0.39 is 11.7 Å². The number of aliphatic hydroxyl groups excluding tert-OH is 1. The van der Waals surface area contributed by atoms with Crippen molar-refractivity contribution in [2.75, 3.05) is 13.1 Å². The van der Waals surface area contributed by atoms with E-state index in [1.807, 2.05) is 0 Å². The number of likely N-dealkylation sites (tertiary alicyclic amines) is 1. The summed E-state index contributed by atoms with van der Waals surface area (Å²) in [6.45, 7) is 1.11. The number of ether oxygens (including phenoxy) is 1. The summed E-state index contributed by atoms with van der Waals surface area (Å²) >= 11 is 0. The van der Waals surface area contributed by atoms with Gasteiger partial charge in [-0.1, -0.05) is 12.1 Å². The lowest BCUT2D eigenvalue weighted by Crippen LogP contribution is -2.40. The molecule has 2 aromatic rings. The molecule has 0 spiro atoms. The van der Waals surface area contributed by atoms with Gasteiger partial charge in [0.1, 0.15) is 5.75 Å². The zero-order valence-electron chi connectivity index (χ0n) is 14.4. The summed E-state index contributed by atoms with van der Waals surface area (Å²) in [7, 11) is 0. The summed E-state index contributed by atoms with van der Waals surface area (Å²) in [5, 5.41) is 9.49. The van der Waals surface area contributed by atoms with Gasteiger partial charge >= 0.3 is 6.18 Å². The fourth-order valence-electron chi connectivity index (χ4n) is 2.81. The van der Waals surface area contributed by atoms with E-state index in [0.29, 0.717) is 31.7 Å². The number of carbonyl (C=O) groups excluding carboxylic acids is 1. The molecular weight excluding hydrogens is 361 g/mol. The number of amides is 1. The third kappa shape index (κ3) is 5.19. The third-order valence-corrected chi connectivity index (χ3v) is 4.38. The maximum absolute atomic E-state index is 12.5. The molecule has 8 heteroatoms. The molecule has 1 aromatic heterocycles. The van der Waals surface area contributed by atoms with Crippen LogP contribution >= 0.6 is 0 Å². The molecule has 0 unspecified atom stereocenters. The molecule has 0 aliphatic carbocycles. The number of nitrogens with zero attached hydrogens (tertiary/aromatic N) is 2. The predicted octanol–water partition coefficient (Wildman–Crippen LogP) is 3.42. The average molecular weight is 380 g/mol. The van der Waals surface area contributed by atoms with E-state index in [4.69, 9.17) is 4.74 Å². The minimum Gasteiger partial charge on any atom is -0.439 e. The van der Waals surface area contributed by atoms with Crippen LogP contribution in [0.3, 0.4) is 0 Å². The van der Waals surface area contributed by atoms with Gasteiger partial charge in [0, 0.05) is 25.4 Å². The molecule has 2 heterocycles. The first-order valence-corrected chi connectivity index (χ1v) is 8.57. The molecule has 1 saturated heterocycles. The summed E-state index contributed by atoms with van der Waals surface area (Å²) in [5.74, 6) is 0.471. The molecule has 27 heavy (non-hydrogen) atoms. The Hall–Kier alpha value is -2.61. The van der Waals surface area contributed by atoms with Gasteiger partial charge in [-0.3, -0.25) is 4.79 Å². The van der Waals surface area contributed by atoms with E-state index >= 15 is 0 Å². The van der Waals surface area contributed by atoms with Crippen molar-refractivity contribution in [3.63, 3.8) is 0 Å². The zero-order chi connectivity index (χ0) is 19.4. The highest BCUT2D eigenvalue weighted by atomic mass is 19.4. The van der Waals surface area contributed by atoms with Gasteiger partial charge in [-0.05, 0) is 36.6 Å². The molecular formula is C19H19F3N2O3. The Morgan fingerprint density at radius 2 is 1.81 bits per heavy atom. The van der Waals surface area contributed by atoms with Gasteiger partial charge in [0.15, 0.2) is 0 Å². The van der Waals surface area contributed by atoms with Gasteiger partial charge in [-0.2, -0.15) is 13.2 Å². The van der Waals surface area contributed by atoms with E-state index in [1.165, 1.54) is 0 Å². The van der Waals surface area contributed by atoms with Crippen LogP contribution in [0.15, 0.2) is 42.6 Å². The van der Waals surface area contributed by atoms with Crippen molar-refractivity contribution >= 4 is 5.91 Å². The van der Waals surface area contributed by atoms with Crippen LogP contribution in [0.4, 0.5) is 13.2 Å². The fraction of sp³-hybridized carbons (Fsp3) is 0.368. The number of rotatable bonds is 4. The van der Waals surface area contributed by atoms with Crippen molar-refractivity contribution in [3.05, 3.63) is 53.7 Å². The van der Waals surface area contributed by atoms with Crippen LogP contribution in [0.2, 0.25) is 0 Å². The van der Waals surface area contributed by atoms with Gasteiger partial charge in [0.2, 0.25) is 11.8 Å². The number of pyridine rings is 1. The predicted molar refractivity (Wildman–Crippen MR) is 91.3 cm³/mol. The smallest absolute Gasteiger partial charge is 0.417 e. The first kappa shape index (κ1) is 19.2. The van der Waals surface area contributed by atoms with Crippen molar-refractivity contribution in [1.82, 2.24) is 9.88 Å². The standard InChI is InChI=1S/C19H19F3N2O3/c20-19(21,22)14-3-6-17(23-12-14)27-16-4-1-13(2-5-16)11-18(26)24-9-7-15(25)8-10-24/h1-6,12,15,25H,7-11H2. The van der Waals surface area contributed by atoms with E-state index in [1.54, 1.807) is 29.2 Å². The SMILES string of the molecule is O=C(Cc1ccc(Oc2ccc(C(F)(F)F)cn2)cc1)N1CCC(O)CC1. The van der Waals surface area contributed by atoms with Crippen LogP contribution in [0.25, 0.3) is 0 Å².